The Labute approximate surface area is 125 Å². The lowest BCUT2D eigenvalue weighted by atomic mass is 9.84. The molecule has 6 heteroatoms. The number of rotatable bonds is 6. The average Bonchev–Trinajstić information content (AvgIpc) is 2.32. The van der Waals surface area contributed by atoms with Gasteiger partial charge in [0.05, 0.1) is 5.92 Å². The van der Waals surface area contributed by atoms with E-state index < -0.39 is 11.9 Å². The van der Waals surface area contributed by atoms with E-state index >= 15 is 0 Å². The lowest BCUT2D eigenvalue weighted by Crippen LogP contribution is -2.28. The summed E-state index contributed by atoms with van der Waals surface area (Å²) in [5.41, 5.74) is -0.311. The molecule has 1 atom stereocenters. The lowest BCUT2D eigenvalue weighted by Gasteiger charge is -2.23. The molecule has 1 aromatic heterocycles. The fourth-order valence-corrected chi connectivity index (χ4v) is 2.05. The highest BCUT2D eigenvalue weighted by atomic mass is 16.4. The number of hydrogen-bond donors (Lipinski definition) is 3. The van der Waals surface area contributed by atoms with Gasteiger partial charge in [-0.1, -0.05) is 34.6 Å². The minimum absolute atomic E-state index is 0.0740. The second-order valence-electron chi connectivity index (χ2n) is 6.85. The van der Waals surface area contributed by atoms with Gasteiger partial charge in [-0.3, -0.25) is 9.59 Å². The number of aromatic amines is 1. The summed E-state index contributed by atoms with van der Waals surface area (Å²) in [4.78, 5) is 29.9. The van der Waals surface area contributed by atoms with Gasteiger partial charge < -0.3 is 15.4 Å². The van der Waals surface area contributed by atoms with Crippen molar-refractivity contribution in [3.63, 3.8) is 0 Å². The molecule has 0 fully saturated rings. The molecule has 0 saturated heterocycles. The number of aromatic nitrogens is 2. The molecule has 1 unspecified atom stereocenters. The molecule has 0 amide bonds. The molecule has 0 aliphatic rings. The van der Waals surface area contributed by atoms with Crippen LogP contribution in [0.3, 0.4) is 0 Å². The van der Waals surface area contributed by atoms with Crippen LogP contribution in [-0.2, 0) is 4.79 Å². The third kappa shape index (κ3) is 5.97. The van der Waals surface area contributed by atoms with Gasteiger partial charge in [0.25, 0.3) is 5.56 Å². The quantitative estimate of drug-likeness (QED) is 0.749. The van der Waals surface area contributed by atoms with Gasteiger partial charge in [-0.15, -0.1) is 0 Å². The van der Waals surface area contributed by atoms with Crippen LogP contribution in [0.1, 0.15) is 52.8 Å². The SMILES string of the molecule is CC(C)c1nc(NCC(CC(C)(C)C)C(=O)O)cc(=O)[nH]1. The number of carbonyl (C=O) groups is 1. The summed E-state index contributed by atoms with van der Waals surface area (Å²) in [7, 11) is 0. The third-order valence-corrected chi connectivity index (χ3v) is 3.04. The summed E-state index contributed by atoms with van der Waals surface area (Å²) < 4.78 is 0. The molecule has 0 aliphatic carbocycles. The molecule has 1 heterocycles. The highest BCUT2D eigenvalue weighted by Crippen LogP contribution is 2.24. The van der Waals surface area contributed by atoms with Crippen LogP contribution in [-0.4, -0.2) is 27.6 Å². The number of aliphatic carboxylic acids is 1. The Morgan fingerprint density at radius 2 is 2.05 bits per heavy atom. The molecule has 3 N–H and O–H groups in total. The minimum Gasteiger partial charge on any atom is -0.481 e. The molecular formula is C15H25N3O3. The van der Waals surface area contributed by atoms with Crippen molar-refractivity contribution >= 4 is 11.8 Å². The van der Waals surface area contributed by atoms with Crippen LogP contribution in [0, 0.1) is 11.3 Å². The summed E-state index contributed by atoms with van der Waals surface area (Å²) in [5, 5.41) is 12.3. The van der Waals surface area contributed by atoms with Crippen molar-refractivity contribution in [1.29, 1.82) is 0 Å². The summed E-state index contributed by atoms with van der Waals surface area (Å²) in [6, 6.07) is 1.35. The Kier molecular flexibility index (Phi) is 5.52. The molecule has 0 radical (unpaired) electrons. The predicted octanol–water partition coefficient (Wildman–Crippen LogP) is 2.44. The Hall–Kier alpha value is -1.85. The standard InChI is InChI=1S/C15H25N3O3/c1-9(2)13-17-11(6-12(19)18-13)16-8-10(14(20)21)7-15(3,4)5/h6,9-10H,7-8H2,1-5H3,(H,20,21)(H2,16,17,18,19). The first kappa shape index (κ1) is 17.2. The smallest absolute Gasteiger partial charge is 0.308 e. The van der Waals surface area contributed by atoms with E-state index in [0.29, 0.717) is 18.1 Å². The zero-order valence-corrected chi connectivity index (χ0v) is 13.4. The van der Waals surface area contributed by atoms with Crippen molar-refractivity contribution < 1.29 is 9.90 Å². The second kappa shape index (κ2) is 6.74. The fraction of sp³-hybridized carbons (Fsp3) is 0.667. The molecule has 0 bridgehead atoms. The van der Waals surface area contributed by atoms with Gasteiger partial charge in [-0.25, -0.2) is 4.98 Å². The van der Waals surface area contributed by atoms with Crippen molar-refractivity contribution in [3.8, 4) is 0 Å². The highest BCUT2D eigenvalue weighted by Gasteiger charge is 2.24. The van der Waals surface area contributed by atoms with Crippen molar-refractivity contribution in [3.05, 3.63) is 22.2 Å². The monoisotopic (exact) mass is 295 g/mol. The van der Waals surface area contributed by atoms with E-state index in [1.165, 1.54) is 6.07 Å². The maximum atomic E-state index is 11.6. The molecule has 21 heavy (non-hydrogen) atoms. The zero-order chi connectivity index (χ0) is 16.2. The number of carboxylic acid groups (broad SMARTS) is 1. The first-order chi connectivity index (χ1) is 9.58. The molecule has 1 aromatic rings. The lowest BCUT2D eigenvalue weighted by molar-refractivity contribution is -0.142. The summed E-state index contributed by atoms with van der Waals surface area (Å²) in [6.45, 7) is 10.1. The zero-order valence-electron chi connectivity index (χ0n) is 13.4. The van der Waals surface area contributed by atoms with Gasteiger partial charge >= 0.3 is 5.97 Å². The van der Waals surface area contributed by atoms with Crippen molar-refractivity contribution in [2.24, 2.45) is 11.3 Å². The van der Waals surface area contributed by atoms with Gasteiger partial charge in [-0.05, 0) is 11.8 Å². The topological polar surface area (TPSA) is 95.1 Å². The van der Waals surface area contributed by atoms with Crippen LogP contribution in [0.5, 0.6) is 0 Å². The maximum Gasteiger partial charge on any atom is 0.308 e. The summed E-state index contributed by atoms with van der Waals surface area (Å²) >= 11 is 0. The van der Waals surface area contributed by atoms with Crippen molar-refractivity contribution in [2.45, 2.75) is 47.0 Å². The molecular weight excluding hydrogens is 270 g/mol. The first-order valence-electron chi connectivity index (χ1n) is 7.16. The van der Waals surface area contributed by atoms with Crippen molar-refractivity contribution in [2.75, 3.05) is 11.9 Å². The van der Waals surface area contributed by atoms with Crippen LogP contribution in [0.2, 0.25) is 0 Å². The van der Waals surface area contributed by atoms with E-state index in [1.54, 1.807) is 0 Å². The number of carboxylic acids is 1. The molecule has 118 valence electrons. The van der Waals surface area contributed by atoms with Gasteiger partial charge in [0.15, 0.2) is 0 Å². The van der Waals surface area contributed by atoms with Crippen molar-refractivity contribution in [1.82, 2.24) is 9.97 Å². The predicted molar refractivity (Wildman–Crippen MR) is 82.6 cm³/mol. The fourth-order valence-electron chi connectivity index (χ4n) is 2.05. The summed E-state index contributed by atoms with van der Waals surface area (Å²) in [6.07, 6.45) is 0.551. The van der Waals surface area contributed by atoms with E-state index in [-0.39, 0.29) is 23.4 Å². The molecule has 1 rings (SSSR count). The largest absolute Gasteiger partial charge is 0.481 e. The number of anilines is 1. The van der Waals surface area contributed by atoms with Gasteiger partial charge in [0.1, 0.15) is 11.6 Å². The van der Waals surface area contributed by atoms with E-state index in [9.17, 15) is 14.7 Å². The van der Waals surface area contributed by atoms with Crippen LogP contribution in [0.4, 0.5) is 5.82 Å². The van der Waals surface area contributed by atoms with Gasteiger partial charge in [0.2, 0.25) is 0 Å². The molecule has 6 nitrogen and oxygen atoms in total. The first-order valence-corrected chi connectivity index (χ1v) is 7.16. The van der Waals surface area contributed by atoms with Gasteiger partial charge in [0, 0.05) is 18.5 Å². The molecule has 0 saturated carbocycles. The number of nitrogens with one attached hydrogen (secondary N) is 2. The van der Waals surface area contributed by atoms with Crippen LogP contribution in [0.15, 0.2) is 10.9 Å². The highest BCUT2D eigenvalue weighted by molar-refractivity contribution is 5.70. The molecule has 0 aromatic carbocycles. The molecule has 0 spiro atoms. The van der Waals surface area contributed by atoms with Crippen LogP contribution >= 0.6 is 0 Å². The third-order valence-electron chi connectivity index (χ3n) is 3.04. The Balaban J connectivity index is 2.81. The van der Waals surface area contributed by atoms with E-state index in [4.69, 9.17) is 0 Å². The summed E-state index contributed by atoms with van der Waals surface area (Å²) in [5.74, 6) is -0.250. The van der Waals surface area contributed by atoms with Crippen LogP contribution < -0.4 is 10.9 Å². The van der Waals surface area contributed by atoms with E-state index in [2.05, 4.69) is 15.3 Å². The average molecular weight is 295 g/mol. The normalized spacial score (nSPS) is 13.2. The van der Waals surface area contributed by atoms with E-state index in [1.807, 2.05) is 34.6 Å². The Morgan fingerprint density at radius 3 is 2.52 bits per heavy atom. The Bertz CT molecular complexity index is 544. The minimum atomic E-state index is -0.841. The second-order valence-corrected chi connectivity index (χ2v) is 6.85. The number of nitrogens with zero attached hydrogens (tertiary/aromatic N) is 1. The number of H-pyrrole nitrogens is 1. The van der Waals surface area contributed by atoms with E-state index in [0.717, 1.165) is 0 Å². The Morgan fingerprint density at radius 1 is 1.43 bits per heavy atom. The molecule has 0 aliphatic heterocycles. The van der Waals surface area contributed by atoms with Gasteiger partial charge in [-0.2, -0.15) is 0 Å². The maximum absolute atomic E-state index is 11.6. The van der Waals surface area contributed by atoms with Crippen LogP contribution in [0.25, 0.3) is 0 Å². The number of hydrogen-bond acceptors (Lipinski definition) is 4.